The summed E-state index contributed by atoms with van der Waals surface area (Å²) in [4.78, 5) is 34.9. The highest BCUT2D eigenvalue weighted by Crippen LogP contribution is 2.25. The molecule has 0 spiro atoms. The van der Waals surface area contributed by atoms with Gasteiger partial charge < -0.3 is 13.9 Å². The van der Waals surface area contributed by atoms with Gasteiger partial charge in [-0.1, -0.05) is 0 Å². The standard InChI is InChI=1S/C21H17NO7/c1-13(20(23)15-5-9-17(27-2)10-6-15)28-21(24)19-12-11-18(29-19)14-3-7-16(8-4-14)22(25)26/h3-13H,1-2H3/t13-/m0/s1. The zero-order valence-corrected chi connectivity index (χ0v) is 15.7. The maximum atomic E-state index is 12.4. The summed E-state index contributed by atoms with van der Waals surface area (Å²) in [5, 5.41) is 10.7. The van der Waals surface area contributed by atoms with Crippen LogP contribution in [0.25, 0.3) is 11.3 Å². The van der Waals surface area contributed by atoms with E-state index in [1.54, 1.807) is 30.3 Å². The summed E-state index contributed by atoms with van der Waals surface area (Å²) in [5.74, 6) is -0.259. The van der Waals surface area contributed by atoms with E-state index in [4.69, 9.17) is 13.9 Å². The van der Waals surface area contributed by atoms with Crippen molar-refractivity contribution in [3.8, 4) is 17.1 Å². The van der Waals surface area contributed by atoms with Crippen LogP contribution in [0.1, 0.15) is 27.8 Å². The zero-order chi connectivity index (χ0) is 21.0. The molecule has 8 heteroatoms. The minimum Gasteiger partial charge on any atom is -0.497 e. The van der Waals surface area contributed by atoms with Gasteiger partial charge in [0.2, 0.25) is 11.5 Å². The number of rotatable bonds is 7. The number of carbonyl (C=O) groups excluding carboxylic acids is 2. The normalized spacial score (nSPS) is 11.5. The van der Waals surface area contributed by atoms with Crippen LogP contribution >= 0.6 is 0 Å². The Kier molecular flexibility index (Phi) is 5.73. The zero-order valence-electron chi connectivity index (χ0n) is 15.7. The molecule has 8 nitrogen and oxygen atoms in total. The van der Waals surface area contributed by atoms with Gasteiger partial charge >= 0.3 is 5.97 Å². The molecule has 0 saturated heterocycles. The van der Waals surface area contributed by atoms with Gasteiger partial charge in [-0.15, -0.1) is 0 Å². The van der Waals surface area contributed by atoms with Crippen molar-refractivity contribution in [3.63, 3.8) is 0 Å². The van der Waals surface area contributed by atoms with Crippen LogP contribution in [-0.4, -0.2) is 29.9 Å². The summed E-state index contributed by atoms with van der Waals surface area (Å²) >= 11 is 0. The summed E-state index contributed by atoms with van der Waals surface area (Å²) in [6.45, 7) is 1.48. The van der Waals surface area contributed by atoms with E-state index in [-0.39, 0.29) is 17.2 Å². The largest absolute Gasteiger partial charge is 0.497 e. The molecule has 2 aromatic carbocycles. The second-order valence-electron chi connectivity index (χ2n) is 6.11. The maximum Gasteiger partial charge on any atom is 0.374 e. The first kappa shape index (κ1) is 19.8. The van der Waals surface area contributed by atoms with Crippen LogP contribution in [0.15, 0.2) is 65.1 Å². The number of furan rings is 1. The number of Topliss-reactive ketones (excluding diaryl/α,β-unsaturated/α-hetero) is 1. The van der Waals surface area contributed by atoms with Crippen molar-refractivity contribution in [1.82, 2.24) is 0 Å². The Morgan fingerprint density at radius 3 is 2.24 bits per heavy atom. The monoisotopic (exact) mass is 395 g/mol. The molecule has 0 N–H and O–H groups in total. The number of carbonyl (C=O) groups is 2. The lowest BCUT2D eigenvalue weighted by Gasteiger charge is -2.11. The Morgan fingerprint density at radius 1 is 1.00 bits per heavy atom. The van der Waals surface area contributed by atoms with Gasteiger partial charge in [0.05, 0.1) is 12.0 Å². The Morgan fingerprint density at radius 2 is 1.66 bits per heavy atom. The van der Waals surface area contributed by atoms with Crippen molar-refractivity contribution in [2.24, 2.45) is 0 Å². The van der Waals surface area contributed by atoms with Crippen molar-refractivity contribution in [2.75, 3.05) is 7.11 Å². The number of hydrogen-bond donors (Lipinski definition) is 0. The summed E-state index contributed by atoms with van der Waals surface area (Å²) in [6, 6.07) is 15.1. The van der Waals surface area contributed by atoms with E-state index in [1.165, 1.54) is 44.4 Å². The topological polar surface area (TPSA) is 109 Å². The molecule has 0 radical (unpaired) electrons. The number of esters is 1. The third-order valence-electron chi connectivity index (χ3n) is 4.20. The lowest BCUT2D eigenvalue weighted by atomic mass is 10.1. The molecular weight excluding hydrogens is 378 g/mol. The smallest absolute Gasteiger partial charge is 0.374 e. The van der Waals surface area contributed by atoms with E-state index in [2.05, 4.69) is 0 Å². The van der Waals surface area contributed by atoms with Gasteiger partial charge in [-0.3, -0.25) is 14.9 Å². The molecule has 1 atom stereocenters. The number of nitro benzene ring substituents is 1. The Bertz CT molecular complexity index is 1040. The van der Waals surface area contributed by atoms with Gasteiger partial charge in [0, 0.05) is 23.3 Å². The molecular formula is C21H17NO7. The van der Waals surface area contributed by atoms with Gasteiger partial charge in [-0.2, -0.15) is 0 Å². The molecule has 0 aliphatic carbocycles. The molecule has 3 aromatic rings. The summed E-state index contributed by atoms with van der Waals surface area (Å²) in [6.07, 6.45) is -1.01. The fourth-order valence-corrected chi connectivity index (χ4v) is 2.61. The lowest BCUT2D eigenvalue weighted by Crippen LogP contribution is -2.24. The van der Waals surface area contributed by atoms with Gasteiger partial charge in [-0.25, -0.2) is 4.79 Å². The second-order valence-corrected chi connectivity index (χ2v) is 6.11. The molecule has 0 aliphatic heterocycles. The average Bonchev–Trinajstić information content (AvgIpc) is 3.23. The first-order valence-electron chi connectivity index (χ1n) is 8.63. The predicted molar refractivity (Wildman–Crippen MR) is 103 cm³/mol. The number of hydrogen-bond acceptors (Lipinski definition) is 7. The SMILES string of the molecule is COc1ccc(C(=O)[C@H](C)OC(=O)c2ccc(-c3ccc([N+](=O)[O-])cc3)o2)cc1. The summed E-state index contributed by atoms with van der Waals surface area (Å²) in [7, 11) is 1.52. The summed E-state index contributed by atoms with van der Waals surface area (Å²) in [5.41, 5.74) is 0.903. The molecule has 0 bridgehead atoms. The van der Waals surface area contributed by atoms with Crippen LogP contribution in [0.3, 0.4) is 0 Å². The van der Waals surface area contributed by atoms with Crippen LogP contribution in [0.5, 0.6) is 5.75 Å². The Labute approximate surface area is 165 Å². The summed E-state index contributed by atoms with van der Waals surface area (Å²) < 4.78 is 15.7. The molecule has 29 heavy (non-hydrogen) atoms. The van der Waals surface area contributed by atoms with Crippen LogP contribution in [0, 0.1) is 10.1 Å². The van der Waals surface area contributed by atoms with Crippen molar-refractivity contribution >= 4 is 17.4 Å². The number of benzene rings is 2. The fraction of sp³-hybridized carbons (Fsp3) is 0.143. The first-order chi connectivity index (χ1) is 13.9. The van der Waals surface area contributed by atoms with E-state index < -0.39 is 17.0 Å². The van der Waals surface area contributed by atoms with Crippen molar-refractivity contribution in [2.45, 2.75) is 13.0 Å². The van der Waals surface area contributed by atoms with Crippen LogP contribution in [0.4, 0.5) is 5.69 Å². The minimum absolute atomic E-state index is 0.0502. The number of methoxy groups -OCH3 is 1. The maximum absolute atomic E-state index is 12.4. The number of ether oxygens (including phenoxy) is 2. The van der Waals surface area contributed by atoms with Crippen molar-refractivity contribution in [3.05, 3.63) is 82.1 Å². The molecule has 0 unspecified atom stereocenters. The van der Waals surface area contributed by atoms with Gasteiger partial charge in [-0.05, 0) is 55.5 Å². The van der Waals surface area contributed by atoms with E-state index in [0.29, 0.717) is 22.6 Å². The molecule has 3 rings (SSSR count). The predicted octanol–water partition coefficient (Wildman–Crippen LogP) is 4.29. The highest BCUT2D eigenvalue weighted by atomic mass is 16.6. The molecule has 0 amide bonds. The van der Waals surface area contributed by atoms with E-state index in [9.17, 15) is 19.7 Å². The fourth-order valence-electron chi connectivity index (χ4n) is 2.61. The third-order valence-corrected chi connectivity index (χ3v) is 4.20. The molecule has 1 heterocycles. The van der Waals surface area contributed by atoms with Crippen LogP contribution in [-0.2, 0) is 4.74 Å². The minimum atomic E-state index is -1.01. The molecule has 0 aliphatic rings. The van der Waals surface area contributed by atoms with Gasteiger partial charge in [0.1, 0.15) is 11.5 Å². The van der Waals surface area contributed by atoms with Crippen molar-refractivity contribution in [1.29, 1.82) is 0 Å². The van der Waals surface area contributed by atoms with E-state index >= 15 is 0 Å². The van der Waals surface area contributed by atoms with E-state index in [0.717, 1.165) is 0 Å². The average molecular weight is 395 g/mol. The van der Waals surface area contributed by atoms with Crippen molar-refractivity contribution < 1.29 is 28.4 Å². The molecule has 148 valence electrons. The quantitative estimate of drug-likeness (QED) is 0.254. The second kappa shape index (κ2) is 8.39. The molecule has 1 aromatic heterocycles. The van der Waals surface area contributed by atoms with E-state index in [1.807, 2.05) is 0 Å². The van der Waals surface area contributed by atoms with Crippen LogP contribution in [0.2, 0.25) is 0 Å². The highest BCUT2D eigenvalue weighted by Gasteiger charge is 2.22. The van der Waals surface area contributed by atoms with Gasteiger partial charge in [0.15, 0.2) is 6.10 Å². The highest BCUT2D eigenvalue weighted by molar-refractivity contribution is 6.01. The number of nitro groups is 1. The number of nitrogens with zero attached hydrogens (tertiary/aromatic N) is 1. The number of non-ortho nitro benzene ring substituents is 1. The Balaban J connectivity index is 1.67. The Hall–Kier alpha value is -3.94. The number of ketones is 1. The molecule has 0 fully saturated rings. The lowest BCUT2D eigenvalue weighted by molar-refractivity contribution is -0.384. The van der Waals surface area contributed by atoms with Crippen LogP contribution < -0.4 is 4.74 Å². The molecule has 0 saturated carbocycles. The first-order valence-corrected chi connectivity index (χ1v) is 8.63. The third kappa shape index (κ3) is 4.49. The van der Waals surface area contributed by atoms with Gasteiger partial charge in [0.25, 0.3) is 5.69 Å².